The molecule has 0 radical (unpaired) electrons. The Kier molecular flexibility index (Phi) is 3.13. The van der Waals surface area contributed by atoms with Crippen molar-refractivity contribution < 1.29 is 0 Å². The van der Waals surface area contributed by atoms with Gasteiger partial charge in [-0.1, -0.05) is 72.8 Å². The molecule has 22 heavy (non-hydrogen) atoms. The van der Waals surface area contributed by atoms with Crippen LogP contribution in [0.3, 0.4) is 0 Å². The minimum Gasteiger partial charge on any atom is -0.156 e. The molecule has 1 aliphatic rings. The second kappa shape index (κ2) is 5.41. The molecule has 2 nitrogen and oxygen atoms in total. The van der Waals surface area contributed by atoms with Gasteiger partial charge >= 0.3 is 0 Å². The molecule has 2 heteroatoms. The minimum atomic E-state index is 0.949. The quantitative estimate of drug-likeness (QED) is 0.658. The lowest BCUT2D eigenvalue weighted by Crippen LogP contribution is -2.07. The zero-order valence-corrected chi connectivity index (χ0v) is 12.0. The lowest BCUT2D eigenvalue weighted by Gasteiger charge is -2.08. The first-order valence-electron chi connectivity index (χ1n) is 7.27. The molecule has 1 aliphatic heterocycles. The molecule has 3 aromatic rings. The van der Waals surface area contributed by atoms with Gasteiger partial charge in [-0.3, -0.25) is 0 Å². The number of benzene rings is 3. The Morgan fingerprint density at radius 2 is 1.05 bits per heavy atom. The Morgan fingerprint density at radius 1 is 0.500 bits per heavy atom. The summed E-state index contributed by atoms with van der Waals surface area (Å²) >= 11 is 0. The van der Waals surface area contributed by atoms with Crippen molar-refractivity contribution in [3.8, 4) is 22.3 Å². The van der Waals surface area contributed by atoms with E-state index in [9.17, 15) is 0 Å². The van der Waals surface area contributed by atoms with Crippen molar-refractivity contribution in [2.24, 2.45) is 10.2 Å². The molecule has 0 atom stereocenters. The van der Waals surface area contributed by atoms with Gasteiger partial charge < -0.3 is 0 Å². The Hall–Kier alpha value is -3.00. The molecule has 0 spiro atoms. The normalized spacial score (nSPS) is 12.6. The average Bonchev–Trinajstić information content (AvgIpc) is 2.55. The summed E-state index contributed by atoms with van der Waals surface area (Å²) in [5, 5.41) is 7.74. The summed E-state index contributed by atoms with van der Waals surface area (Å²) in [6, 6.07) is 27.5. The first-order valence-corrected chi connectivity index (χ1v) is 7.27. The van der Waals surface area contributed by atoms with E-state index in [1.54, 1.807) is 6.21 Å². The minimum absolute atomic E-state index is 0.949. The highest BCUT2D eigenvalue weighted by Gasteiger charge is 2.07. The topological polar surface area (TPSA) is 24.7 Å². The number of rotatable bonds is 3. The predicted octanol–water partition coefficient (Wildman–Crippen LogP) is 4.81. The van der Waals surface area contributed by atoms with Crippen LogP contribution in [0.2, 0.25) is 0 Å². The van der Waals surface area contributed by atoms with Crippen molar-refractivity contribution in [2.45, 2.75) is 0 Å². The molecule has 0 unspecified atom stereocenters. The van der Waals surface area contributed by atoms with Crippen molar-refractivity contribution in [3.05, 3.63) is 84.4 Å². The average molecular weight is 282 g/mol. The van der Waals surface area contributed by atoms with Crippen LogP contribution in [0.5, 0.6) is 0 Å². The number of nitrogens with zero attached hydrogens (tertiary/aromatic N) is 2. The van der Waals surface area contributed by atoms with Gasteiger partial charge in [-0.2, -0.15) is 5.10 Å². The fraction of sp³-hybridized carbons (Fsp3) is 0. The summed E-state index contributed by atoms with van der Waals surface area (Å²) < 4.78 is 0. The Bertz CT molecular complexity index is 860. The van der Waals surface area contributed by atoms with Crippen LogP contribution in [0.1, 0.15) is 5.56 Å². The van der Waals surface area contributed by atoms with Gasteiger partial charge in [-0.05, 0) is 28.3 Å². The molecule has 4 rings (SSSR count). The van der Waals surface area contributed by atoms with Crippen LogP contribution < -0.4 is 0 Å². The lowest BCUT2D eigenvalue weighted by atomic mass is 9.98. The fourth-order valence-corrected chi connectivity index (χ4v) is 2.59. The van der Waals surface area contributed by atoms with Crippen molar-refractivity contribution in [2.75, 3.05) is 0 Å². The number of hydrogen-bond acceptors (Lipinski definition) is 2. The zero-order valence-electron chi connectivity index (χ0n) is 12.0. The predicted molar refractivity (Wildman–Crippen MR) is 92.3 cm³/mol. The van der Waals surface area contributed by atoms with E-state index >= 15 is 0 Å². The first-order chi connectivity index (χ1) is 10.9. The summed E-state index contributed by atoms with van der Waals surface area (Å²) in [5.74, 6) is 0. The highest BCUT2D eigenvalue weighted by molar-refractivity contribution is 6.40. The molecule has 0 bridgehead atoms. The van der Waals surface area contributed by atoms with Gasteiger partial charge in [0.25, 0.3) is 0 Å². The van der Waals surface area contributed by atoms with Crippen LogP contribution in [0.15, 0.2) is 89.1 Å². The molecule has 104 valence electrons. The van der Waals surface area contributed by atoms with Crippen LogP contribution in [-0.4, -0.2) is 11.9 Å². The van der Waals surface area contributed by atoms with E-state index in [1.165, 1.54) is 22.3 Å². The van der Waals surface area contributed by atoms with E-state index in [2.05, 4.69) is 83.0 Å². The van der Waals surface area contributed by atoms with Crippen LogP contribution in [-0.2, 0) is 0 Å². The third-order valence-corrected chi connectivity index (χ3v) is 3.83. The summed E-state index contributed by atoms with van der Waals surface area (Å²) in [6.45, 7) is 0. The maximum Gasteiger partial charge on any atom is 0.113 e. The van der Waals surface area contributed by atoms with E-state index < -0.39 is 0 Å². The van der Waals surface area contributed by atoms with Gasteiger partial charge in [-0.15, -0.1) is 5.10 Å². The Morgan fingerprint density at radius 3 is 1.64 bits per heavy atom. The number of hydrogen-bond donors (Lipinski definition) is 0. The smallest absolute Gasteiger partial charge is 0.113 e. The molecule has 0 aliphatic carbocycles. The molecular weight excluding hydrogens is 268 g/mol. The molecule has 0 N–H and O–H groups in total. The third-order valence-electron chi connectivity index (χ3n) is 3.83. The second-order valence-electron chi connectivity index (χ2n) is 5.25. The molecule has 0 saturated heterocycles. The van der Waals surface area contributed by atoms with Gasteiger partial charge in [0.1, 0.15) is 5.71 Å². The Labute approximate surface area is 129 Å². The molecular formula is C20H14N2. The van der Waals surface area contributed by atoms with Crippen LogP contribution >= 0.6 is 0 Å². The summed E-state index contributed by atoms with van der Waals surface area (Å²) in [4.78, 5) is 0. The van der Waals surface area contributed by atoms with E-state index in [1.807, 2.05) is 6.07 Å². The van der Waals surface area contributed by atoms with E-state index in [0.29, 0.717) is 0 Å². The van der Waals surface area contributed by atoms with Crippen LogP contribution in [0.4, 0.5) is 0 Å². The van der Waals surface area contributed by atoms with Crippen molar-refractivity contribution in [1.29, 1.82) is 0 Å². The van der Waals surface area contributed by atoms with E-state index in [0.717, 1.165) is 11.3 Å². The monoisotopic (exact) mass is 282 g/mol. The zero-order chi connectivity index (χ0) is 14.8. The largest absolute Gasteiger partial charge is 0.156 e. The maximum absolute atomic E-state index is 3.98. The molecule has 0 saturated carbocycles. The molecule has 1 heterocycles. The van der Waals surface area contributed by atoms with Gasteiger partial charge in [0.05, 0.1) is 6.21 Å². The van der Waals surface area contributed by atoms with Gasteiger partial charge in [0.15, 0.2) is 0 Å². The van der Waals surface area contributed by atoms with E-state index in [-0.39, 0.29) is 0 Å². The summed E-state index contributed by atoms with van der Waals surface area (Å²) in [5.41, 5.74) is 6.96. The van der Waals surface area contributed by atoms with Gasteiger partial charge in [0, 0.05) is 5.56 Å². The van der Waals surface area contributed by atoms with Crippen molar-refractivity contribution in [3.63, 3.8) is 0 Å². The highest BCUT2D eigenvalue weighted by Crippen LogP contribution is 2.26. The lowest BCUT2D eigenvalue weighted by molar-refractivity contribution is 1.22. The first kappa shape index (κ1) is 12.7. The maximum atomic E-state index is 3.98. The second-order valence-corrected chi connectivity index (χ2v) is 5.25. The van der Waals surface area contributed by atoms with Crippen LogP contribution in [0, 0.1) is 0 Å². The third kappa shape index (κ3) is 2.35. The SMILES string of the molecule is C1=NN=C1c1ccc(-c2cccc(-c3ccccc3)c2)cc1. The molecule has 0 aromatic heterocycles. The van der Waals surface area contributed by atoms with Crippen LogP contribution in [0.25, 0.3) is 22.3 Å². The Balaban J connectivity index is 1.68. The summed E-state index contributed by atoms with van der Waals surface area (Å²) in [7, 11) is 0. The molecule has 0 fully saturated rings. The standard InChI is InChI=1S/C20H14N2/c1-2-5-15(6-3-1)18-7-4-8-19(13-18)16-9-11-17(12-10-16)20-14-21-22-20/h1-14H. The van der Waals surface area contributed by atoms with Crippen molar-refractivity contribution in [1.82, 2.24) is 0 Å². The summed E-state index contributed by atoms with van der Waals surface area (Å²) in [6.07, 6.45) is 1.78. The fourth-order valence-electron chi connectivity index (χ4n) is 2.59. The van der Waals surface area contributed by atoms with Crippen molar-refractivity contribution >= 4 is 11.9 Å². The molecule has 0 amide bonds. The molecule has 3 aromatic carbocycles. The van der Waals surface area contributed by atoms with Gasteiger partial charge in [-0.25, -0.2) is 0 Å². The highest BCUT2D eigenvalue weighted by atomic mass is 15.3. The van der Waals surface area contributed by atoms with E-state index in [4.69, 9.17) is 0 Å². The van der Waals surface area contributed by atoms with Gasteiger partial charge in [0.2, 0.25) is 0 Å².